The number of amides is 2. The molecule has 1 atom stereocenters. The van der Waals surface area contributed by atoms with Gasteiger partial charge < -0.3 is 20.5 Å². The van der Waals surface area contributed by atoms with E-state index in [0.717, 1.165) is 5.56 Å². The fourth-order valence-corrected chi connectivity index (χ4v) is 2.86. The van der Waals surface area contributed by atoms with Gasteiger partial charge in [-0.2, -0.15) is 0 Å². The Labute approximate surface area is 173 Å². The van der Waals surface area contributed by atoms with Crippen molar-refractivity contribution in [2.24, 2.45) is 0 Å². The standard InChI is InChI=1S/C23H21FN2O4/c24-18-7-4-8-19(15-18)26-23(29)25-14-13-21(16-5-2-1-3-6-16)30-20-11-9-17(10-12-20)22(27)28/h1-12,15,21H,13-14H2,(H,27,28)(H2,25,26,29). The number of urea groups is 1. The quantitative estimate of drug-likeness (QED) is 0.497. The van der Waals surface area contributed by atoms with Crippen LogP contribution in [0.5, 0.6) is 5.75 Å². The molecule has 3 N–H and O–H groups in total. The van der Waals surface area contributed by atoms with Gasteiger partial charge in [0, 0.05) is 18.7 Å². The number of halogens is 1. The van der Waals surface area contributed by atoms with Gasteiger partial charge in [0.05, 0.1) is 5.56 Å². The normalized spacial score (nSPS) is 11.4. The molecule has 0 radical (unpaired) electrons. The molecule has 154 valence electrons. The maximum absolute atomic E-state index is 13.2. The lowest BCUT2D eigenvalue weighted by Gasteiger charge is -2.20. The highest BCUT2D eigenvalue weighted by molar-refractivity contribution is 5.89. The molecule has 30 heavy (non-hydrogen) atoms. The van der Waals surface area contributed by atoms with Crippen LogP contribution in [0.25, 0.3) is 0 Å². The summed E-state index contributed by atoms with van der Waals surface area (Å²) in [5, 5.41) is 14.3. The summed E-state index contributed by atoms with van der Waals surface area (Å²) >= 11 is 0. The Morgan fingerprint density at radius 1 is 0.967 bits per heavy atom. The molecule has 0 spiro atoms. The van der Waals surface area contributed by atoms with Gasteiger partial charge in [0.25, 0.3) is 0 Å². The Kier molecular flexibility index (Phi) is 7.00. The number of rotatable bonds is 8. The van der Waals surface area contributed by atoms with Crippen molar-refractivity contribution in [1.82, 2.24) is 5.32 Å². The number of anilines is 1. The number of carbonyl (C=O) groups is 2. The highest BCUT2D eigenvalue weighted by Crippen LogP contribution is 2.25. The van der Waals surface area contributed by atoms with E-state index in [1.54, 1.807) is 18.2 Å². The van der Waals surface area contributed by atoms with Gasteiger partial charge in [-0.25, -0.2) is 14.0 Å². The van der Waals surface area contributed by atoms with E-state index in [2.05, 4.69) is 10.6 Å². The van der Waals surface area contributed by atoms with E-state index in [0.29, 0.717) is 24.4 Å². The first kappa shape index (κ1) is 20.9. The lowest BCUT2D eigenvalue weighted by molar-refractivity contribution is 0.0696. The van der Waals surface area contributed by atoms with Gasteiger partial charge in [0.15, 0.2) is 0 Å². The molecule has 0 saturated heterocycles. The molecule has 0 aromatic heterocycles. The summed E-state index contributed by atoms with van der Waals surface area (Å²) in [7, 11) is 0. The van der Waals surface area contributed by atoms with E-state index in [1.807, 2.05) is 30.3 Å². The van der Waals surface area contributed by atoms with Gasteiger partial charge in [-0.3, -0.25) is 0 Å². The average molecular weight is 408 g/mol. The van der Waals surface area contributed by atoms with Gasteiger partial charge in [-0.15, -0.1) is 0 Å². The summed E-state index contributed by atoms with van der Waals surface area (Å²) in [4.78, 5) is 23.1. The molecule has 3 aromatic rings. The fourth-order valence-electron chi connectivity index (χ4n) is 2.86. The molecule has 0 saturated carbocycles. The minimum Gasteiger partial charge on any atom is -0.486 e. The van der Waals surface area contributed by atoms with E-state index in [4.69, 9.17) is 9.84 Å². The van der Waals surface area contributed by atoms with E-state index in [9.17, 15) is 14.0 Å². The molecule has 0 aliphatic carbocycles. The van der Waals surface area contributed by atoms with Crippen molar-refractivity contribution in [3.8, 4) is 5.75 Å². The van der Waals surface area contributed by atoms with Gasteiger partial charge >= 0.3 is 12.0 Å². The second kappa shape index (κ2) is 10.1. The number of hydrogen-bond acceptors (Lipinski definition) is 3. The fraction of sp³-hybridized carbons (Fsp3) is 0.130. The number of ether oxygens (including phenoxy) is 1. The Bertz CT molecular complexity index is 994. The third kappa shape index (κ3) is 6.07. The van der Waals surface area contributed by atoms with E-state index < -0.39 is 17.8 Å². The minimum atomic E-state index is -1.00. The molecule has 7 heteroatoms. The van der Waals surface area contributed by atoms with Crippen LogP contribution in [0.15, 0.2) is 78.9 Å². The van der Waals surface area contributed by atoms with E-state index in [-0.39, 0.29) is 11.7 Å². The molecule has 3 rings (SSSR count). The first-order valence-electron chi connectivity index (χ1n) is 9.36. The Morgan fingerprint density at radius 3 is 2.37 bits per heavy atom. The van der Waals surface area contributed by atoms with Gasteiger partial charge in [0.1, 0.15) is 17.7 Å². The molecular formula is C23H21FN2O4. The molecule has 0 aliphatic rings. The summed E-state index contributed by atoms with van der Waals surface area (Å²) in [6, 6.07) is 20.9. The number of benzene rings is 3. The van der Waals surface area contributed by atoms with Crippen molar-refractivity contribution in [1.29, 1.82) is 0 Å². The molecule has 0 fully saturated rings. The van der Waals surface area contributed by atoms with Crippen LogP contribution >= 0.6 is 0 Å². The van der Waals surface area contributed by atoms with Crippen LogP contribution in [0.3, 0.4) is 0 Å². The minimum absolute atomic E-state index is 0.175. The first-order valence-corrected chi connectivity index (χ1v) is 9.36. The predicted octanol–water partition coefficient (Wildman–Crippen LogP) is 4.86. The van der Waals surface area contributed by atoms with Crippen molar-refractivity contribution in [3.63, 3.8) is 0 Å². The third-order valence-corrected chi connectivity index (χ3v) is 4.33. The largest absolute Gasteiger partial charge is 0.486 e. The number of carboxylic acids is 1. The molecule has 0 bridgehead atoms. The van der Waals surface area contributed by atoms with Crippen molar-refractivity contribution >= 4 is 17.7 Å². The van der Waals surface area contributed by atoms with E-state index in [1.165, 1.54) is 30.3 Å². The lowest BCUT2D eigenvalue weighted by atomic mass is 10.1. The SMILES string of the molecule is O=C(NCCC(Oc1ccc(C(=O)O)cc1)c1ccccc1)Nc1cccc(F)c1. The van der Waals surface area contributed by atoms with Crippen LogP contribution in [0.2, 0.25) is 0 Å². The van der Waals surface area contributed by atoms with Crippen molar-refractivity contribution in [3.05, 3.63) is 95.8 Å². The van der Waals surface area contributed by atoms with Crippen molar-refractivity contribution < 1.29 is 23.8 Å². The van der Waals surface area contributed by atoms with Crippen LogP contribution in [0.4, 0.5) is 14.9 Å². The molecule has 1 unspecified atom stereocenters. The van der Waals surface area contributed by atoms with Crippen LogP contribution in [0, 0.1) is 5.82 Å². The average Bonchev–Trinajstić information content (AvgIpc) is 2.74. The summed E-state index contributed by atoms with van der Waals surface area (Å²) in [5.74, 6) is -0.910. The third-order valence-electron chi connectivity index (χ3n) is 4.33. The maximum Gasteiger partial charge on any atom is 0.335 e. The smallest absolute Gasteiger partial charge is 0.335 e. The van der Waals surface area contributed by atoms with Crippen LogP contribution < -0.4 is 15.4 Å². The summed E-state index contributed by atoms with van der Waals surface area (Å²) < 4.78 is 19.3. The number of carbonyl (C=O) groups excluding carboxylic acids is 1. The zero-order chi connectivity index (χ0) is 21.3. The maximum atomic E-state index is 13.2. The molecule has 2 amide bonds. The zero-order valence-corrected chi connectivity index (χ0v) is 16.0. The first-order chi connectivity index (χ1) is 14.5. The summed E-state index contributed by atoms with van der Waals surface area (Å²) in [6.07, 6.45) is 0.123. The molecular weight excluding hydrogens is 387 g/mol. The number of hydrogen-bond donors (Lipinski definition) is 3. The van der Waals surface area contributed by atoms with Crippen molar-refractivity contribution in [2.75, 3.05) is 11.9 Å². The van der Waals surface area contributed by atoms with Crippen LogP contribution in [-0.4, -0.2) is 23.7 Å². The van der Waals surface area contributed by atoms with E-state index >= 15 is 0 Å². The Hall–Kier alpha value is -3.87. The Morgan fingerprint density at radius 2 is 1.70 bits per heavy atom. The lowest BCUT2D eigenvalue weighted by Crippen LogP contribution is -2.30. The Balaban J connectivity index is 1.60. The summed E-state index contributed by atoms with van der Waals surface area (Å²) in [6.45, 7) is 0.313. The van der Waals surface area contributed by atoms with Crippen molar-refractivity contribution in [2.45, 2.75) is 12.5 Å². The number of carboxylic acid groups (broad SMARTS) is 1. The second-order valence-electron chi connectivity index (χ2n) is 6.53. The second-order valence-corrected chi connectivity index (χ2v) is 6.53. The van der Waals surface area contributed by atoms with Crippen LogP contribution in [-0.2, 0) is 0 Å². The van der Waals surface area contributed by atoms with Crippen LogP contribution in [0.1, 0.15) is 28.4 Å². The number of aromatic carboxylic acids is 1. The topological polar surface area (TPSA) is 87.7 Å². The molecule has 0 aliphatic heterocycles. The molecule has 3 aromatic carbocycles. The van der Waals surface area contributed by atoms with Gasteiger partial charge in [-0.1, -0.05) is 36.4 Å². The highest BCUT2D eigenvalue weighted by atomic mass is 19.1. The van der Waals surface area contributed by atoms with Gasteiger partial charge in [0.2, 0.25) is 0 Å². The monoisotopic (exact) mass is 408 g/mol. The predicted molar refractivity (Wildman–Crippen MR) is 111 cm³/mol. The summed E-state index contributed by atoms with van der Waals surface area (Å²) in [5.41, 5.74) is 1.46. The molecule has 0 heterocycles. The highest BCUT2D eigenvalue weighted by Gasteiger charge is 2.14. The van der Waals surface area contributed by atoms with Gasteiger partial charge in [-0.05, 0) is 48.0 Å². The molecule has 6 nitrogen and oxygen atoms in total. The number of nitrogens with one attached hydrogen (secondary N) is 2. The zero-order valence-electron chi connectivity index (χ0n) is 16.0.